The third kappa shape index (κ3) is 3.74. The number of aryl methyl sites for hydroxylation is 1. The molecule has 2 N–H and O–H groups in total. The molecule has 1 heterocycles. The van der Waals surface area contributed by atoms with Gasteiger partial charge in [-0.15, -0.1) is 0 Å². The van der Waals surface area contributed by atoms with Gasteiger partial charge in [0.2, 0.25) is 5.91 Å². The fourth-order valence-electron chi connectivity index (χ4n) is 3.45. The molecule has 1 aliphatic heterocycles. The first-order chi connectivity index (χ1) is 12.0. The minimum absolute atomic E-state index is 0.0370. The van der Waals surface area contributed by atoms with E-state index in [1.807, 2.05) is 30.3 Å². The highest BCUT2D eigenvalue weighted by Gasteiger charge is 2.31. The van der Waals surface area contributed by atoms with Gasteiger partial charge in [-0.3, -0.25) is 4.79 Å². The summed E-state index contributed by atoms with van der Waals surface area (Å²) in [5, 5.41) is 6.35. The van der Waals surface area contributed by atoms with Crippen LogP contribution in [0.15, 0.2) is 48.5 Å². The number of amides is 1. The first-order valence-electron chi connectivity index (χ1n) is 8.81. The Morgan fingerprint density at radius 1 is 1.24 bits per heavy atom. The molecule has 25 heavy (non-hydrogen) atoms. The van der Waals surface area contributed by atoms with Gasteiger partial charge < -0.3 is 10.6 Å². The molecule has 1 aliphatic rings. The van der Waals surface area contributed by atoms with Crippen LogP contribution in [-0.2, 0) is 10.2 Å². The number of carbonyl (C=O) groups is 1. The molecule has 0 saturated carbocycles. The molecule has 3 nitrogen and oxygen atoms in total. The van der Waals surface area contributed by atoms with E-state index in [0.717, 1.165) is 30.6 Å². The Balaban J connectivity index is 1.89. The number of carbonyl (C=O) groups excluding carboxylic acids is 1. The number of hydrogen-bond acceptors (Lipinski definition) is 2. The Bertz CT molecular complexity index is 741. The van der Waals surface area contributed by atoms with Crippen molar-refractivity contribution in [2.24, 2.45) is 5.92 Å². The average molecular weight is 340 g/mol. The Labute approximate surface area is 148 Å². The molecule has 2 atom stereocenters. The Morgan fingerprint density at radius 2 is 2.00 bits per heavy atom. The van der Waals surface area contributed by atoms with Crippen LogP contribution in [0.5, 0.6) is 0 Å². The summed E-state index contributed by atoms with van der Waals surface area (Å²) in [7, 11) is 0. The maximum Gasteiger partial charge on any atom is 0.224 e. The molecule has 1 amide bonds. The first-order valence-corrected chi connectivity index (χ1v) is 8.81. The summed E-state index contributed by atoms with van der Waals surface area (Å²) in [5.41, 5.74) is 2.31. The second-order valence-corrected chi connectivity index (χ2v) is 7.07. The number of halogens is 1. The van der Waals surface area contributed by atoms with Crippen LogP contribution >= 0.6 is 0 Å². The molecular formula is C21H25FN2O. The summed E-state index contributed by atoms with van der Waals surface area (Å²) >= 11 is 0. The smallest absolute Gasteiger partial charge is 0.224 e. The fourth-order valence-corrected chi connectivity index (χ4v) is 3.45. The van der Waals surface area contributed by atoms with Crippen LogP contribution in [-0.4, -0.2) is 25.5 Å². The summed E-state index contributed by atoms with van der Waals surface area (Å²) in [4.78, 5) is 12.5. The number of benzene rings is 2. The van der Waals surface area contributed by atoms with Crippen molar-refractivity contribution in [3.8, 4) is 0 Å². The molecule has 4 heteroatoms. The quantitative estimate of drug-likeness (QED) is 0.878. The molecule has 2 aromatic carbocycles. The van der Waals surface area contributed by atoms with E-state index < -0.39 is 5.41 Å². The van der Waals surface area contributed by atoms with Crippen molar-refractivity contribution in [2.45, 2.75) is 25.7 Å². The minimum atomic E-state index is -0.415. The van der Waals surface area contributed by atoms with E-state index in [1.54, 1.807) is 6.92 Å². The van der Waals surface area contributed by atoms with Gasteiger partial charge in [0.15, 0.2) is 0 Å². The summed E-state index contributed by atoms with van der Waals surface area (Å²) < 4.78 is 13.7. The van der Waals surface area contributed by atoms with E-state index in [0.29, 0.717) is 12.1 Å². The van der Waals surface area contributed by atoms with E-state index in [1.165, 1.54) is 6.07 Å². The molecule has 0 bridgehead atoms. The van der Waals surface area contributed by atoms with Gasteiger partial charge in [0.05, 0.1) is 5.92 Å². The van der Waals surface area contributed by atoms with Crippen LogP contribution < -0.4 is 10.6 Å². The lowest BCUT2D eigenvalue weighted by Crippen LogP contribution is -2.42. The van der Waals surface area contributed by atoms with Crippen molar-refractivity contribution in [3.05, 3.63) is 71.0 Å². The molecule has 0 spiro atoms. The van der Waals surface area contributed by atoms with E-state index in [2.05, 4.69) is 29.7 Å². The zero-order valence-electron chi connectivity index (χ0n) is 14.8. The van der Waals surface area contributed by atoms with Gasteiger partial charge in [-0.1, -0.05) is 42.5 Å². The summed E-state index contributed by atoms with van der Waals surface area (Å²) in [5.74, 6) is -0.0822. The van der Waals surface area contributed by atoms with Crippen molar-refractivity contribution in [1.82, 2.24) is 10.6 Å². The van der Waals surface area contributed by atoms with Crippen molar-refractivity contribution >= 4 is 5.91 Å². The lowest BCUT2D eigenvalue weighted by atomic mass is 9.75. The molecule has 2 aromatic rings. The van der Waals surface area contributed by atoms with Crippen LogP contribution in [0, 0.1) is 18.7 Å². The van der Waals surface area contributed by atoms with Gasteiger partial charge >= 0.3 is 0 Å². The maximum atomic E-state index is 13.7. The monoisotopic (exact) mass is 340 g/mol. The zero-order chi connectivity index (χ0) is 17.9. The normalized spacial score (nSPS) is 19.4. The predicted molar refractivity (Wildman–Crippen MR) is 98.0 cm³/mol. The van der Waals surface area contributed by atoms with Gasteiger partial charge in [-0.25, -0.2) is 4.39 Å². The number of nitrogens with one attached hydrogen (secondary N) is 2. The van der Waals surface area contributed by atoms with E-state index in [4.69, 9.17) is 0 Å². The van der Waals surface area contributed by atoms with Gasteiger partial charge in [-0.05, 0) is 49.6 Å². The van der Waals surface area contributed by atoms with Crippen LogP contribution in [0.25, 0.3) is 0 Å². The van der Waals surface area contributed by atoms with Gasteiger partial charge in [0.1, 0.15) is 5.82 Å². The molecule has 1 saturated heterocycles. The average Bonchev–Trinajstić information content (AvgIpc) is 3.17. The number of hydrogen-bond donors (Lipinski definition) is 2. The van der Waals surface area contributed by atoms with Crippen molar-refractivity contribution in [2.75, 3.05) is 19.6 Å². The lowest BCUT2D eigenvalue weighted by Gasteiger charge is -2.32. The molecule has 0 radical (unpaired) electrons. The molecule has 0 aliphatic carbocycles. The Morgan fingerprint density at radius 3 is 2.64 bits per heavy atom. The Kier molecular flexibility index (Phi) is 5.19. The molecule has 3 rings (SSSR count). The molecule has 0 unspecified atom stereocenters. The highest BCUT2D eigenvalue weighted by Crippen LogP contribution is 2.32. The standard InChI is InChI=1S/C21H25FN2O/c1-15-12-18(8-9-19(15)22)21(2,17-6-4-3-5-7-17)14-24-20(25)16-10-11-23-13-16/h3-9,12,16,23H,10-11,13-14H2,1-2H3,(H,24,25)/t16-,21-/m0/s1. The van der Waals surface area contributed by atoms with Crippen LogP contribution in [0.1, 0.15) is 30.0 Å². The highest BCUT2D eigenvalue weighted by molar-refractivity contribution is 5.79. The highest BCUT2D eigenvalue weighted by atomic mass is 19.1. The van der Waals surface area contributed by atoms with E-state index >= 15 is 0 Å². The number of rotatable bonds is 5. The third-order valence-corrected chi connectivity index (χ3v) is 5.25. The van der Waals surface area contributed by atoms with Gasteiger partial charge in [0, 0.05) is 18.5 Å². The zero-order valence-corrected chi connectivity index (χ0v) is 14.8. The van der Waals surface area contributed by atoms with Crippen molar-refractivity contribution in [3.63, 3.8) is 0 Å². The topological polar surface area (TPSA) is 41.1 Å². The molecule has 132 valence electrons. The van der Waals surface area contributed by atoms with Gasteiger partial charge in [-0.2, -0.15) is 0 Å². The lowest BCUT2D eigenvalue weighted by molar-refractivity contribution is -0.124. The SMILES string of the molecule is Cc1cc([C@@](C)(CNC(=O)[C@H]2CCNC2)c2ccccc2)ccc1F. The van der Waals surface area contributed by atoms with Crippen LogP contribution in [0.3, 0.4) is 0 Å². The van der Waals surface area contributed by atoms with Gasteiger partial charge in [0.25, 0.3) is 0 Å². The van der Waals surface area contributed by atoms with Crippen molar-refractivity contribution < 1.29 is 9.18 Å². The predicted octanol–water partition coefficient (Wildman–Crippen LogP) is 3.17. The molecule has 0 aromatic heterocycles. The Hall–Kier alpha value is -2.20. The van der Waals surface area contributed by atoms with Crippen molar-refractivity contribution in [1.29, 1.82) is 0 Å². The molecular weight excluding hydrogens is 315 g/mol. The molecule has 1 fully saturated rings. The second kappa shape index (κ2) is 7.36. The van der Waals surface area contributed by atoms with E-state index in [9.17, 15) is 9.18 Å². The first kappa shape index (κ1) is 17.6. The largest absolute Gasteiger partial charge is 0.355 e. The fraction of sp³-hybridized carbons (Fsp3) is 0.381. The second-order valence-electron chi connectivity index (χ2n) is 7.07. The van der Waals surface area contributed by atoms with Crippen LogP contribution in [0.4, 0.5) is 4.39 Å². The van der Waals surface area contributed by atoms with Crippen LogP contribution in [0.2, 0.25) is 0 Å². The third-order valence-electron chi connectivity index (χ3n) is 5.25. The maximum absolute atomic E-state index is 13.7. The van der Waals surface area contributed by atoms with E-state index in [-0.39, 0.29) is 17.6 Å². The summed E-state index contributed by atoms with van der Waals surface area (Å²) in [6.45, 7) is 5.99. The summed E-state index contributed by atoms with van der Waals surface area (Å²) in [6.07, 6.45) is 0.879. The minimum Gasteiger partial charge on any atom is -0.355 e. The summed E-state index contributed by atoms with van der Waals surface area (Å²) in [6, 6.07) is 15.3.